The van der Waals surface area contributed by atoms with E-state index < -0.39 is 24.2 Å². The number of carbonyl (C=O) groups excluding carboxylic acids is 2. The van der Waals surface area contributed by atoms with Crippen molar-refractivity contribution in [2.75, 3.05) is 13.2 Å². The third-order valence-corrected chi connectivity index (χ3v) is 3.28. The lowest BCUT2D eigenvalue weighted by molar-refractivity contribution is -0.148. The van der Waals surface area contributed by atoms with Gasteiger partial charge in [0.1, 0.15) is 12.6 Å². The molecule has 1 aromatic carbocycles. The number of hydrogen-bond acceptors (Lipinski definition) is 5. The highest BCUT2D eigenvalue weighted by atomic mass is 16.6. The molecule has 1 aromatic rings. The maximum Gasteiger partial charge on any atom is 0.410 e. The van der Waals surface area contributed by atoms with E-state index in [1.807, 2.05) is 30.3 Å². The quantitative estimate of drug-likeness (QED) is 0.847. The van der Waals surface area contributed by atoms with Gasteiger partial charge in [-0.05, 0) is 12.5 Å². The Labute approximate surface area is 123 Å². The van der Waals surface area contributed by atoms with Crippen LogP contribution in [-0.4, -0.2) is 47.4 Å². The summed E-state index contributed by atoms with van der Waals surface area (Å²) in [6.45, 7) is 2.14. The third kappa shape index (κ3) is 3.95. The van der Waals surface area contributed by atoms with Gasteiger partial charge in [0.25, 0.3) is 0 Å². The molecule has 114 valence electrons. The fraction of sp³-hybridized carbons (Fsp3) is 0.467. The van der Waals surface area contributed by atoms with Crippen molar-refractivity contribution in [1.29, 1.82) is 0 Å². The molecule has 2 rings (SSSR count). The van der Waals surface area contributed by atoms with Gasteiger partial charge in [-0.25, -0.2) is 9.59 Å². The van der Waals surface area contributed by atoms with Crippen LogP contribution in [0, 0.1) is 0 Å². The number of hydrogen-bond donors (Lipinski definition) is 1. The van der Waals surface area contributed by atoms with E-state index in [0.717, 1.165) is 5.56 Å². The number of carbonyl (C=O) groups is 2. The summed E-state index contributed by atoms with van der Waals surface area (Å²) in [5.41, 5.74) is 0.860. The molecule has 0 saturated carbocycles. The second-order valence-corrected chi connectivity index (χ2v) is 4.85. The average molecular weight is 293 g/mol. The van der Waals surface area contributed by atoms with Crippen LogP contribution >= 0.6 is 0 Å². The van der Waals surface area contributed by atoms with Crippen LogP contribution in [0.15, 0.2) is 30.3 Å². The molecule has 1 fully saturated rings. The van der Waals surface area contributed by atoms with Gasteiger partial charge in [-0.15, -0.1) is 0 Å². The number of aliphatic hydroxyl groups is 1. The highest BCUT2D eigenvalue weighted by Gasteiger charge is 2.40. The first-order valence-electron chi connectivity index (χ1n) is 6.93. The van der Waals surface area contributed by atoms with Crippen LogP contribution < -0.4 is 0 Å². The number of β-amino-alcohol motifs (C(OH)–C–C–N with tert-alkyl or cyclic N) is 1. The zero-order chi connectivity index (χ0) is 15.2. The molecule has 1 unspecified atom stereocenters. The molecule has 1 saturated heterocycles. The number of likely N-dealkylation sites (tertiary alicyclic amines) is 1. The van der Waals surface area contributed by atoms with Crippen LogP contribution in [0.2, 0.25) is 0 Å². The minimum atomic E-state index is -0.775. The fourth-order valence-electron chi connectivity index (χ4n) is 2.28. The molecule has 2 atom stereocenters. The van der Waals surface area contributed by atoms with Crippen LogP contribution in [0.3, 0.4) is 0 Å². The number of esters is 1. The van der Waals surface area contributed by atoms with Crippen molar-refractivity contribution >= 4 is 12.1 Å². The van der Waals surface area contributed by atoms with E-state index in [1.165, 1.54) is 4.90 Å². The summed E-state index contributed by atoms with van der Waals surface area (Å²) in [5, 5.41) is 9.66. The van der Waals surface area contributed by atoms with Crippen molar-refractivity contribution < 1.29 is 24.2 Å². The molecule has 0 spiro atoms. The molecule has 21 heavy (non-hydrogen) atoms. The molecule has 0 aliphatic carbocycles. The molecule has 1 amide bonds. The van der Waals surface area contributed by atoms with E-state index >= 15 is 0 Å². The van der Waals surface area contributed by atoms with E-state index in [0.29, 0.717) is 0 Å². The summed E-state index contributed by atoms with van der Waals surface area (Å²) in [7, 11) is 0. The number of nitrogens with zero attached hydrogens (tertiary/aromatic N) is 1. The lowest BCUT2D eigenvalue weighted by Crippen LogP contribution is -2.41. The molecule has 6 heteroatoms. The first kappa shape index (κ1) is 15.3. The third-order valence-electron chi connectivity index (χ3n) is 3.28. The minimum absolute atomic E-state index is 0.0805. The Morgan fingerprint density at radius 1 is 1.29 bits per heavy atom. The molecule has 0 radical (unpaired) electrons. The largest absolute Gasteiger partial charge is 0.464 e. The number of amides is 1. The monoisotopic (exact) mass is 293 g/mol. The van der Waals surface area contributed by atoms with Gasteiger partial charge in [0.15, 0.2) is 0 Å². The predicted octanol–water partition coefficient (Wildman–Crippen LogP) is 1.32. The molecule has 0 bridgehead atoms. The number of benzene rings is 1. The topological polar surface area (TPSA) is 76.1 Å². The van der Waals surface area contributed by atoms with Crippen molar-refractivity contribution in [3.8, 4) is 0 Å². The van der Waals surface area contributed by atoms with Crippen LogP contribution in [0.1, 0.15) is 18.9 Å². The second kappa shape index (κ2) is 7.08. The predicted molar refractivity (Wildman–Crippen MR) is 74.4 cm³/mol. The molecule has 1 aliphatic heterocycles. The number of aliphatic hydroxyl groups excluding tert-OH is 1. The first-order valence-corrected chi connectivity index (χ1v) is 6.93. The Morgan fingerprint density at radius 3 is 2.67 bits per heavy atom. The first-order chi connectivity index (χ1) is 10.1. The highest BCUT2D eigenvalue weighted by Crippen LogP contribution is 2.20. The zero-order valence-electron chi connectivity index (χ0n) is 11.9. The maximum atomic E-state index is 12.1. The Kier molecular flexibility index (Phi) is 5.16. The van der Waals surface area contributed by atoms with Gasteiger partial charge in [-0.3, -0.25) is 4.90 Å². The number of ether oxygens (including phenoxy) is 2. The Bertz CT molecular complexity index is 490. The fourth-order valence-corrected chi connectivity index (χ4v) is 2.28. The van der Waals surface area contributed by atoms with Crippen LogP contribution in [-0.2, 0) is 20.9 Å². The van der Waals surface area contributed by atoms with Gasteiger partial charge in [0.05, 0.1) is 19.3 Å². The van der Waals surface area contributed by atoms with Crippen LogP contribution in [0.4, 0.5) is 4.79 Å². The van der Waals surface area contributed by atoms with Crippen molar-refractivity contribution in [1.82, 2.24) is 4.90 Å². The molecule has 6 nitrogen and oxygen atoms in total. The summed E-state index contributed by atoms with van der Waals surface area (Å²) in [4.78, 5) is 25.1. The van der Waals surface area contributed by atoms with Crippen LogP contribution in [0.5, 0.6) is 0 Å². The van der Waals surface area contributed by atoms with Gasteiger partial charge < -0.3 is 14.6 Å². The summed E-state index contributed by atoms with van der Waals surface area (Å²) in [6, 6.07) is 8.49. The molecule has 1 N–H and O–H groups in total. The smallest absolute Gasteiger partial charge is 0.410 e. The van der Waals surface area contributed by atoms with Crippen molar-refractivity contribution in [2.45, 2.75) is 32.1 Å². The summed E-state index contributed by atoms with van der Waals surface area (Å²) in [6.07, 6.45) is -1.17. The van der Waals surface area contributed by atoms with Crippen molar-refractivity contribution in [2.24, 2.45) is 0 Å². The lowest BCUT2D eigenvalue weighted by Gasteiger charge is -2.22. The minimum Gasteiger partial charge on any atom is -0.464 e. The highest BCUT2D eigenvalue weighted by molar-refractivity contribution is 5.82. The molecule has 0 aromatic heterocycles. The summed E-state index contributed by atoms with van der Waals surface area (Å²) >= 11 is 0. The van der Waals surface area contributed by atoms with Crippen LogP contribution in [0.25, 0.3) is 0 Å². The zero-order valence-corrected chi connectivity index (χ0v) is 11.9. The summed E-state index contributed by atoms with van der Waals surface area (Å²) in [5.74, 6) is -0.509. The lowest BCUT2D eigenvalue weighted by atomic mass is 10.2. The normalized spacial score (nSPS) is 21.1. The van der Waals surface area contributed by atoms with Crippen molar-refractivity contribution in [3.63, 3.8) is 0 Å². The Balaban J connectivity index is 1.94. The standard InChI is InChI=1S/C15H19NO5/c1-2-20-14(18)13-8-12(17)9-16(13)15(19)21-10-11-6-4-3-5-7-11/h3-7,12-13,17H,2,8-10H2,1H3/t12-,13?/m0/s1. The van der Waals surface area contributed by atoms with E-state index in [-0.39, 0.29) is 26.2 Å². The second-order valence-electron chi connectivity index (χ2n) is 4.85. The van der Waals surface area contributed by atoms with E-state index in [2.05, 4.69) is 0 Å². The van der Waals surface area contributed by atoms with Gasteiger partial charge in [-0.2, -0.15) is 0 Å². The Hall–Kier alpha value is -2.08. The average Bonchev–Trinajstić information content (AvgIpc) is 2.88. The molecule has 1 heterocycles. The van der Waals surface area contributed by atoms with Gasteiger partial charge in [0.2, 0.25) is 0 Å². The molecular formula is C15H19NO5. The van der Waals surface area contributed by atoms with Crippen molar-refractivity contribution in [3.05, 3.63) is 35.9 Å². The summed E-state index contributed by atoms with van der Waals surface area (Å²) < 4.78 is 10.1. The number of rotatable bonds is 4. The Morgan fingerprint density at radius 2 is 2.00 bits per heavy atom. The molecule has 1 aliphatic rings. The van der Waals surface area contributed by atoms with Gasteiger partial charge in [-0.1, -0.05) is 30.3 Å². The van der Waals surface area contributed by atoms with E-state index in [1.54, 1.807) is 6.92 Å². The SMILES string of the molecule is CCOC(=O)C1C[C@H](O)CN1C(=O)OCc1ccccc1. The van der Waals surface area contributed by atoms with Gasteiger partial charge >= 0.3 is 12.1 Å². The van der Waals surface area contributed by atoms with Gasteiger partial charge in [0, 0.05) is 6.42 Å². The molecular weight excluding hydrogens is 274 g/mol. The maximum absolute atomic E-state index is 12.1. The van der Waals surface area contributed by atoms with E-state index in [4.69, 9.17) is 9.47 Å². The van der Waals surface area contributed by atoms with E-state index in [9.17, 15) is 14.7 Å².